The van der Waals surface area contributed by atoms with Crippen molar-refractivity contribution in [3.05, 3.63) is 0 Å². The number of piperidine rings is 1. The van der Waals surface area contributed by atoms with Gasteiger partial charge in [0.05, 0.1) is 25.6 Å². The number of carboxylic acid groups (broad SMARTS) is 3. The molecule has 1 saturated heterocycles. The second-order valence-electron chi connectivity index (χ2n) is 6.34. The van der Waals surface area contributed by atoms with E-state index in [1.54, 1.807) is 0 Å². The lowest BCUT2D eigenvalue weighted by Gasteiger charge is -2.31. The highest BCUT2D eigenvalue weighted by Gasteiger charge is 2.27. The maximum atomic E-state index is 11.8. The average molecular weight is 359 g/mol. The van der Waals surface area contributed by atoms with Gasteiger partial charge in [-0.25, -0.2) is 4.79 Å². The average Bonchev–Trinajstić information content (AvgIpc) is 2.56. The molecule has 6 N–H and O–H groups in total. The molecule has 0 bridgehead atoms. The second-order valence-corrected chi connectivity index (χ2v) is 6.34. The monoisotopic (exact) mass is 359 g/mol. The van der Waals surface area contributed by atoms with Crippen molar-refractivity contribution in [3.8, 4) is 0 Å². The molecule has 4 atom stereocenters. The van der Waals surface area contributed by atoms with Crippen molar-refractivity contribution in [1.82, 2.24) is 5.32 Å². The maximum Gasteiger partial charge on any atom is 0.326 e. The summed E-state index contributed by atoms with van der Waals surface area (Å²) in [5, 5.41) is 31.2. The van der Waals surface area contributed by atoms with E-state index in [1.807, 2.05) is 0 Å². The molecule has 1 aliphatic rings. The number of carboxylic acids is 3. The van der Waals surface area contributed by atoms with Crippen LogP contribution in [-0.4, -0.2) is 65.7 Å². The molecule has 2 unspecified atom stereocenters. The van der Waals surface area contributed by atoms with Crippen LogP contribution in [0.4, 0.5) is 0 Å². The van der Waals surface area contributed by atoms with Crippen molar-refractivity contribution in [2.75, 3.05) is 19.6 Å². The summed E-state index contributed by atoms with van der Waals surface area (Å²) in [6.45, 7) is 1.54. The number of nitrogens with one attached hydrogen (secondary N) is 2. The minimum absolute atomic E-state index is 0.0851. The Morgan fingerprint density at radius 3 is 2.44 bits per heavy atom. The first kappa shape index (κ1) is 20.8. The molecule has 0 aliphatic carbocycles. The van der Waals surface area contributed by atoms with Gasteiger partial charge in [0, 0.05) is 18.8 Å². The lowest BCUT2D eigenvalue weighted by atomic mass is 9.98. The zero-order valence-electron chi connectivity index (χ0n) is 13.9. The van der Waals surface area contributed by atoms with Gasteiger partial charge in [-0.05, 0) is 19.3 Å². The topological polar surface area (TPSA) is 174 Å². The summed E-state index contributed by atoms with van der Waals surface area (Å²) in [7, 11) is 0. The molecule has 0 radical (unpaired) electrons. The van der Waals surface area contributed by atoms with E-state index in [1.165, 1.54) is 0 Å². The number of carbonyl (C=O) groups excluding carboxylic acids is 2. The molecule has 0 saturated carbocycles. The molecule has 142 valence electrons. The highest BCUT2D eigenvalue weighted by Crippen LogP contribution is 2.06. The molecule has 1 heterocycles. The van der Waals surface area contributed by atoms with Crippen molar-refractivity contribution >= 4 is 23.8 Å². The number of aliphatic carboxylic acids is 3. The van der Waals surface area contributed by atoms with Crippen LogP contribution in [0.1, 0.15) is 32.1 Å². The van der Waals surface area contributed by atoms with Crippen LogP contribution in [0.2, 0.25) is 0 Å². The smallest absolute Gasteiger partial charge is 0.326 e. The van der Waals surface area contributed by atoms with Crippen LogP contribution >= 0.6 is 0 Å². The van der Waals surface area contributed by atoms with Gasteiger partial charge in [0.15, 0.2) is 0 Å². The fraction of sp³-hybridized carbons (Fsp3) is 0.733. The lowest BCUT2D eigenvalue weighted by Crippen LogP contribution is -3.14. The number of amides is 1. The van der Waals surface area contributed by atoms with Gasteiger partial charge < -0.3 is 36.1 Å². The van der Waals surface area contributed by atoms with E-state index in [0.29, 0.717) is 19.5 Å². The molecule has 1 aliphatic heterocycles. The predicted octanol–water partition coefficient (Wildman–Crippen LogP) is -3.82. The summed E-state index contributed by atoms with van der Waals surface area (Å²) in [5.74, 6) is -4.61. The normalized spacial score (nSPS) is 22.6. The molecule has 10 heteroatoms. The van der Waals surface area contributed by atoms with Crippen LogP contribution in [0.5, 0.6) is 0 Å². The van der Waals surface area contributed by atoms with Crippen molar-refractivity contribution in [2.24, 2.45) is 11.7 Å². The first-order chi connectivity index (χ1) is 11.7. The SMILES string of the molecule is N[C@@H](CCC(=O)N[C@@H](CC[NH+]1CCCC(C(=O)[O-])C1)C(=O)O)C(=O)O. The summed E-state index contributed by atoms with van der Waals surface area (Å²) in [6.07, 6.45) is 1.18. The number of hydrogen-bond donors (Lipinski definition) is 5. The van der Waals surface area contributed by atoms with Gasteiger partial charge in [0.2, 0.25) is 5.91 Å². The van der Waals surface area contributed by atoms with E-state index < -0.39 is 41.8 Å². The maximum absolute atomic E-state index is 11.8. The van der Waals surface area contributed by atoms with Crippen molar-refractivity contribution in [2.45, 2.75) is 44.2 Å². The first-order valence-electron chi connectivity index (χ1n) is 8.25. The molecule has 0 aromatic heterocycles. The van der Waals surface area contributed by atoms with Gasteiger partial charge in [-0.15, -0.1) is 0 Å². The molecule has 1 rings (SSSR count). The Morgan fingerprint density at radius 2 is 1.88 bits per heavy atom. The van der Waals surface area contributed by atoms with Crippen molar-refractivity contribution < 1.29 is 39.4 Å². The Balaban J connectivity index is 2.43. The van der Waals surface area contributed by atoms with Crippen molar-refractivity contribution in [1.29, 1.82) is 0 Å². The summed E-state index contributed by atoms with van der Waals surface area (Å²) in [6, 6.07) is -2.28. The number of quaternary nitrogens is 1. The van der Waals surface area contributed by atoms with Crippen LogP contribution in [0, 0.1) is 5.92 Å². The quantitative estimate of drug-likeness (QED) is 0.264. The zero-order valence-corrected chi connectivity index (χ0v) is 13.9. The fourth-order valence-electron chi connectivity index (χ4n) is 2.86. The van der Waals surface area contributed by atoms with Gasteiger partial charge in [0.25, 0.3) is 0 Å². The standard InChI is InChI=1S/C15H25N3O7/c16-10(14(22)23)3-4-12(19)17-11(15(24)25)5-7-18-6-1-2-9(8-18)13(20)21/h9-11H,1-8,16H2,(H,17,19)(H,20,21)(H,22,23)(H,24,25)/t9?,10-,11-/m0/s1. The minimum Gasteiger partial charge on any atom is -0.550 e. The highest BCUT2D eigenvalue weighted by atomic mass is 16.4. The van der Waals surface area contributed by atoms with E-state index in [4.69, 9.17) is 10.8 Å². The number of nitrogens with two attached hydrogens (primary N) is 1. The van der Waals surface area contributed by atoms with Gasteiger partial charge in [0.1, 0.15) is 12.1 Å². The fourth-order valence-corrected chi connectivity index (χ4v) is 2.86. The number of hydrogen-bond acceptors (Lipinski definition) is 6. The van der Waals surface area contributed by atoms with E-state index in [0.717, 1.165) is 17.9 Å². The minimum atomic E-state index is -1.22. The van der Waals surface area contributed by atoms with E-state index in [2.05, 4.69) is 5.32 Å². The molecule has 1 fully saturated rings. The van der Waals surface area contributed by atoms with Gasteiger partial charge in [-0.3, -0.25) is 9.59 Å². The third-order valence-corrected chi connectivity index (χ3v) is 4.37. The highest BCUT2D eigenvalue weighted by molar-refractivity contribution is 5.84. The van der Waals surface area contributed by atoms with E-state index in [-0.39, 0.29) is 19.3 Å². The first-order valence-corrected chi connectivity index (χ1v) is 8.25. The molecular weight excluding hydrogens is 334 g/mol. The third kappa shape index (κ3) is 7.48. The summed E-state index contributed by atoms with van der Waals surface area (Å²) in [5.41, 5.74) is 5.30. The van der Waals surface area contributed by atoms with Crippen LogP contribution < -0.4 is 21.1 Å². The van der Waals surface area contributed by atoms with Gasteiger partial charge in [-0.1, -0.05) is 0 Å². The van der Waals surface area contributed by atoms with Crippen LogP contribution in [0.15, 0.2) is 0 Å². The van der Waals surface area contributed by atoms with E-state index in [9.17, 15) is 29.4 Å². The summed E-state index contributed by atoms with van der Waals surface area (Å²) in [4.78, 5) is 45.5. The second kappa shape index (κ2) is 9.94. The Morgan fingerprint density at radius 1 is 1.20 bits per heavy atom. The van der Waals surface area contributed by atoms with Crippen LogP contribution in [0.3, 0.4) is 0 Å². The zero-order chi connectivity index (χ0) is 19.0. The Labute approximate surface area is 145 Å². The molecule has 0 spiro atoms. The largest absolute Gasteiger partial charge is 0.550 e. The molecule has 0 aromatic carbocycles. The van der Waals surface area contributed by atoms with Gasteiger partial charge >= 0.3 is 11.9 Å². The molecule has 25 heavy (non-hydrogen) atoms. The Hall–Kier alpha value is -2.20. The Kier molecular flexibility index (Phi) is 8.29. The predicted molar refractivity (Wildman–Crippen MR) is 82.3 cm³/mol. The van der Waals surface area contributed by atoms with E-state index >= 15 is 0 Å². The third-order valence-electron chi connectivity index (χ3n) is 4.37. The van der Waals surface area contributed by atoms with Crippen LogP contribution in [-0.2, 0) is 19.2 Å². The van der Waals surface area contributed by atoms with Crippen LogP contribution in [0.25, 0.3) is 0 Å². The number of likely N-dealkylation sites (tertiary alicyclic amines) is 1. The molecular formula is C15H25N3O7. The lowest BCUT2D eigenvalue weighted by molar-refractivity contribution is -0.908. The Bertz CT molecular complexity index is 511. The van der Waals surface area contributed by atoms with Crippen molar-refractivity contribution in [3.63, 3.8) is 0 Å². The molecule has 10 nitrogen and oxygen atoms in total. The summed E-state index contributed by atoms with van der Waals surface area (Å²) >= 11 is 0. The van der Waals surface area contributed by atoms with Gasteiger partial charge in [-0.2, -0.15) is 0 Å². The molecule has 1 amide bonds. The number of rotatable bonds is 10. The summed E-state index contributed by atoms with van der Waals surface area (Å²) < 4.78 is 0. The number of carbonyl (C=O) groups is 4. The molecule has 0 aromatic rings.